The Bertz CT molecular complexity index is 1360. The van der Waals surface area contributed by atoms with E-state index in [2.05, 4.69) is 11.1 Å². The van der Waals surface area contributed by atoms with Crippen LogP contribution >= 0.6 is 0 Å². The topological polar surface area (TPSA) is 54.6 Å². The first-order valence-electron chi connectivity index (χ1n) is 9.92. The van der Waals surface area contributed by atoms with E-state index in [0.717, 1.165) is 22.4 Å². The van der Waals surface area contributed by atoms with E-state index in [0.29, 0.717) is 22.0 Å². The maximum absolute atomic E-state index is 13.3. The van der Waals surface area contributed by atoms with Gasteiger partial charge in [-0.15, -0.1) is 0 Å². The van der Waals surface area contributed by atoms with Gasteiger partial charge in [0.05, 0.1) is 16.9 Å². The first-order chi connectivity index (χ1) is 14.4. The van der Waals surface area contributed by atoms with Gasteiger partial charge in [-0.3, -0.25) is 9.79 Å². The summed E-state index contributed by atoms with van der Waals surface area (Å²) in [6.45, 7) is 7.99. The second-order valence-corrected chi connectivity index (χ2v) is 7.76. The molecule has 4 heteroatoms. The Labute approximate surface area is 175 Å². The van der Waals surface area contributed by atoms with Crippen molar-refractivity contribution in [3.05, 3.63) is 98.8 Å². The van der Waals surface area contributed by atoms with E-state index >= 15 is 0 Å². The molecule has 1 N–H and O–H groups in total. The fourth-order valence-corrected chi connectivity index (χ4v) is 3.85. The highest BCUT2D eigenvalue weighted by atomic mass is 16.3. The molecule has 0 saturated heterocycles. The highest BCUT2D eigenvalue weighted by molar-refractivity contribution is 6.02. The van der Waals surface area contributed by atoms with Crippen LogP contribution in [0.25, 0.3) is 16.5 Å². The van der Waals surface area contributed by atoms with Crippen LogP contribution in [0.5, 0.6) is 5.88 Å². The van der Waals surface area contributed by atoms with Crippen molar-refractivity contribution in [2.45, 2.75) is 27.7 Å². The summed E-state index contributed by atoms with van der Waals surface area (Å²) < 4.78 is 1.38. The molecular weight excluding hydrogens is 372 g/mol. The van der Waals surface area contributed by atoms with Crippen LogP contribution in [-0.2, 0) is 0 Å². The van der Waals surface area contributed by atoms with Crippen molar-refractivity contribution in [2.24, 2.45) is 4.99 Å². The van der Waals surface area contributed by atoms with Crippen molar-refractivity contribution in [2.75, 3.05) is 0 Å². The highest BCUT2D eigenvalue weighted by Crippen LogP contribution is 2.28. The third kappa shape index (κ3) is 3.41. The van der Waals surface area contributed by atoms with Crippen LogP contribution in [0.3, 0.4) is 0 Å². The molecule has 0 bridgehead atoms. The summed E-state index contributed by atoms with van der Waals surface area (Å²) >= 11 is 0. The van der Waals surface area contributed by atoms with Crippen LogP contribution in [0, 0.1) is 27.7 Å². The van der Waals surface area contributed by atoms with Gasteiger partial charge in [-0.05, 0) is 57.0 Å². The van der Waals surface area contributed by atoms with E-state index in [1.54, 1.807) is 12.3 Å². The summed E-state index contributed by atoms with van der Waals surface area (Å²) in [7, 11) is 0. The van der Waals surface area contributed by atoms with E-state index in [1.807, 2.05) is 76.2 Å². The largest absolute Gasteiger partial charge is 0.494 e. The number of nitrogens with zero attached hydrogens (tertiary/aromatic N) is 2. The lowest BCUT2D eigenvalue weighted by atomic mass is 10.1. The zero-order chi connectivity index (χ0) is 21.4. The van der Waals surface area contributed by atoms with E-state index in [-0.39, 0.29) is 11.4 Å². The van der Waals surface area contributed by atoms with Gasteiger partial charge >= 0.3 is 0 Å². The van der Waals surface area contributed by atoms with Gasteiger partial charge in [0, 0.05) is 17.0 Å². The molecule has 4 nitrogen and oxygen atoms in total. The second kappa shape index (κ2) is 7.64. The Balaban J connectivity index is 2.00. The number of fused-ring (bicyclic) bond motifs is 1. The molecule has 0 aliphatic heterocycles. The molecule has 0 amide bonds. The molecule has 0 radical (unpaired) electrons. The molecule has 1 heterocycles. The predicted octanol–water partition coefficient (Wildman–Crippen LogP) is 5.68. The van der Waals surface area contributed by atoms with E-state index < -0.39 is 0 Å². The SMILES string of the molecule is Cc1ccc(N=Cc2c(O)n(-c3ccc(C)cc3C)c(=O)c3ccccc23)c(C)c1. The van der Waals surface area contributed by atoms with Gasteiger partial charge in [0.25, 0.3) is 5.56 Å². The monoisotopic (exact) mass is 396 g/mol. The standard InChI is InChI=1S/C26H24N2O2/c1-16-9-11-23(18(3)13-16)27-15-22-20-7-5-6-8-21(20)25(29)28(26(22)30)24-12-10-17(2)14-19(24)4/h5-15,30H,1-4H3. The Kier molecular flexibility index (Phi) is 5.00. The fraction of sp³-hybridized carbons (Fsp3) is 0.154. The second-order valence-electron chi connectivity index (χ2n) is 7.76. The quantitative estimate of drug-likeness (QED) is 0.453. The third-order valence-electron chi connectivity index (χ3n) is 5.38. The molecule has 3 aromatic carbocycles. The zero-order valence-electron chi connectivity index (χ0n) is 17.6. The molecule has 150 valence electrons. The van der Waals surface area contributed by atoms with Crippen molar-refractivity contribution >= 4 is 22.7 Å². The minimum Gasteiger partial charge on any atom is -0.494 e. The number of pyridine rings is 1. The molecule has 0 aliphatic carbocycles. The number of aryl methyl sites for hydroxylation is 4. The van der Waals surface area contributed by atoms with Gasteiger partial charge in [0.15, 0.2) is 0 Å². The highest BCUT2D eigenvalue weighted by Gasteiger charge is 2.17. The van der Waals surface area contributed by atoms with Crippen LogP contribution in [0.2, 0.25) is 0 Å². The normalized spacial score (nSPS) is 11.5. The summed E-state index contributed by atoms with van der Waals surface area (Å²) in [4.78, 5) is 17.9. The van der Waals surface area contributed by atoms with Crippen molar-refractivity contribution in [1.29, 1.82) is 0 Å². The summed E-state index contributed by atoms with van der Waals surface area (Å²) in [5.74, 6) is -0.112. The average Bonchev–Trinajstić information content (AvgIpc) is 2.71. The lowest BCUT2D eigenvalue weighted by Gasteiger charge is -2.16. The van der Waals surface area contributed by atoms with E-state index in [9.17, 15) is 9.90 Å². The molecule has 0 unspecified atom stereocenters. The lowest BCUT2D eigenvalue weighted by molar-refractivity contribution is 0.436. The Hall–Kier alpha value is -3.66. The van der Waals surface area contributed by atoms with Gasteiger partial charge in [-0.1, -0.05) is 53.6 Å². The van der Waals surface area contributed by atoms with Crippen molar-refractivity contribution in [1.82, 2.24) is 4.57 Å². The smallest absolute Gasteiger partial charge is 0.265 e. The molecule has 1 aromatic heterocycles. The molecular formula is C26H24N2O2. The molecule has 30 heavy (non-hydrogen) atoms. The number of hydrogen-bond acceptors (Lipinski definition) is 3. The fourth-order valence-electron chi connectivity index (χ4n) is 3.85. The maximum atomic E-state index is 13.3. The van der Waals surface area contributed by atoms with Crippen LogP contribution in [-0.4, -0.2) is 15.9 Å². The molecule has 0 aliphatic rings. The van der Waals surface area contributed by atoms with Gasteiger partial charge < -0.3 is 5.11 Å². The van der Waals surface area contributed by atoms with Gasteiger partial charge in [-0.2, -0.15) is 0 Å². The third-order valence-corrected chi connectivity index (χ3v) is 5.38. The minimum absolute atomic E-state index is 0.112. The summed E-state index contributed by atoms with van der Waals surface area (Å²) in [6.07, 6.45) is 1.65. The first-order valence-corrected chi connectivity index (χ1v) is 9.92. The molecule has 0 fully saturated rings. The molecule has 4 rings (SSSR count). The van der Waals surface area contributed by atoms with E-state index in [1.165, 1.54) is 10.1 Å². The Morgan fingerprint density at radius 1 is 0.833 bits per heavy atom. The number of benzene rings is 3. The first kappa shape index (κ1) is 19.6. The number of aromatic hydroxyl groups is 1. The summed E-state index contributed by atoms with van der Waals surface area (Å²) in [5.41, 5.74) is 5.99. The van der Waals surface area contributed by atoms with Gasteiger partial charge in [0.1, 0.15) is 0 Å². The van der Waals surface area contributed by atoms with Gasteiger partial charge in [0.2, 0.25) is 5.88 Å². The minimum atomic E-state index is -0.251. The predicted molar refractivity (Wildman–Crippen MR) is 124 cm³/mol. The van der Waals surface area contributed by atoms with Crippen LogP contribution < -0.4 is 5.56 Å². The van der Waals surface area contributed by atoms with Crippen LogP contribution in [0.1, 0.15) is 27.8 Å². The molecule has 0 saturated carbocycles. The lowest BCUT2D eigenvalue weighted by Crippen LogP contribution is -2.21. The maximum Gasteiger partial charge on any atom is 0.265 e. The molecule has 0 atom stereocenters. The van der Waals surface area contributed by atoms with Crippen LogP contribution in [0.15, 0.2) is 70.5 Å². The number of aromatic nitrogens is 1. The van der Waals surface area contributed by atoms with E-state index in [4.69, 9.17) is 0 Å². The zero-order valence-corrected chi connectivity index (χ0v) is 17.6. The summed E-state index contributed by atoms with van der Waals surface area (Å²) in [6, 6.07) is 19.2. The molecule has 0 spiro atoms. The number of hydrogen-bond donors (Lipinski definition) is 1. The van der Waals surface area contributed by atoms with Crippen molar-refractivity contribution in [3.8, 4) is 11.6 Å². The van der Waals surface area contributed by atoms with Crippen LogP contribution in [0.4, 0.5) is 5.69 Å². The average molecular weight is 396 g/mol. The molecule has 4 aromatic rings. The Morgan fingerprint density at radius 3 is 2.13 bits per heavy atom. The number of aliphatic imine (C=N–C) groups is 1. The van der Waals surface area contributed by atoms with Crippen molar-refractivity contribution in [3.63, 3.8) is 0 Å². The van der Waals surface area contributed by atoms with Crippen molar-refractivity contribution < 1.29 is 5.11 Å². The summed E-state index contributed by atoms with van der Waals surface area (Å²) in [5, 5.41) is 12.4. The Morgan fingerprint density at radius 2 is 1.47 bits per heavy atom. The number of rotatable bonds is 3. The van der Waals surface area contributed by atoms with Gasteiger partial charge in [-0.25, -0.2) is 4.57 Å².